The van der Waals surface area contributed by atoms with Crippen molar-refractivity contribution in [1.82, 2.24) is 4.90 Å². The molecule has 2 aromatic rings. The molecule has 0 atom stereocenters. The number of amides is 1. The van der Waals surface area contributed by atoms with Gasteiger partial charge < -0.3 is 4.90 Å². The minimum atomic E-state index is 0.134. The van der Waals surface area contributed by atoms with Crippen LogP contribution in [0.4, 0.5) is 0 Å². The van der Waals surface area contributed by atoms with Crippen LogP contribution >= 0.6 is 27.7 Å². The second-order valence-electron chi connectivity index (χ2n) is 4.44. The monoisotopic (exact) mass is 349 g/mol. The molecule has 0 spiro atoms. The molecule has 1 amide bonds. The number of benzene rings is 2. The van der Waals surface area contributed by atoms with Crippen LogP contribution in [0, 0.1) is 0 Å². The van der Waals surface area contributed by atoms with Gasteiger partial charge in [0.2, 0.25) is 5.91 Å². The Labute approximate surface area is 132 Å². The zero-order valence-corrected chi connectivity index (χ0v) is 13.7. The summed E-state index contributed by atoms with van der Waals surface area (Å²) in [4.78, 5) is 15.0. The molecule has 0 heterocycles. The highest BCUT2D eigenvalue weighted by Crippen LogP contribution is 2.20. The highest BCUT2D eigenvalue weighted by Gasteiger charge is 2.11. The van der Waals surface area contributed by atoms with E-state index >= 15 is 0 Å². The number of rotatable bonds is 5. The van der Waals surface area contributed by atoms with E-state index < -0.39 is 0 Å². The molecular weight excluding hydrogens is 334 g/mol. The van der Waals surface area contributed by atoms with Crippen LogP contribution in [0.25, 0.3) is 0 Å². The first kappa shape index (κ1) is 15.1. The summed E-state index contributed by atoms with van der Waals surface area (Å²) in [6.45, 7) is 0.621. The zero-order valence-electron chi connectivity index (χ0n) is 11.3. The van der Waals surface area contributed by atoms with Crippen molar-refractivity contribution in [2.75, 3.05) is 12.8 Å². The second kappa shape index (κ2) is 7.50. The van der Waals surface area contributed by atoms with E-state index in [1.165, 1.54) is 0 Å². The van der Waals surface area contributed by atoms with Gasteiger partial charge in [0, 0.05) is 23.0 Å². The third-order valence-corrected chi connectivity index (χ3v) is 4.67. The Morgan fingerprint density at radius 3 is 2.45 bits per heavy atom. The van der Waals surface area contributed by atoms with Crippen LogP contribution in [-0.4, -0.2) is 23.6 Å². The van der Waals surface area contributed by atoms with Crippen molar-refractivity contribution in [1.29, 1.82) is 0 Å². The van der Waals surface area contributed by atoms with Crippen LogP contribution in [0.2, 0.25) is 0 Å². The fourth-order valence-corrected chi connectivity index (χ4v) is 3.01. The van der Waals surface area contributed by atoms with Gasteiger partial charge in [0.1, 0.15) is 0 Å². The van der Waals surface area contributed by atoms with Crippen molar-refractivity contribution in [2.45, 2.75) is 11.4 Å². The number of hydrogen-bond donors (Lipinski definition) is 0. The quantitative estimate of drug-likeness (QED) is 0.754. The third-order valence-electron chi connectivity index (χ3n) is 2.90. The predicted octanol–water partition coefficient (Wildman–Crippen LogP) is 4.20. The number of carbonyl (C=O) groups is 1. The molecule has 0 radical (unpaired) electrons. The van der Waals surface area contributed by atoms with Gasteiger partial charge in [0.25, 0.3) is 0 Å². The second-order valence-corrected chi connectivity index (χ2v) is 6.35. The van der Waals surface area contributed by atoms with Gasteiger partial charge in [-0.25, -0.2) is 0 Å². The molecule has 2 nitrogen and oxygen atoms in total. The summed E-state index contributed by atoms with van der Waals surface area (Å²) in [5.41, 5.74) is 1.12. The zero-order chi connectivity index (χ0) is 14.4. The van der Waals surface area contributed by atoms with Crippen molar-refractivity contribution in [3.8, 4) is 0 Å². The van der Waals surface area contributed by atoms with Crippen LogP contribution < -0.4 is 0 Å². The lowest BCUT2D eigenvalue weighted by Gasteiger charge is -2.18. The van der Waals surface area contributed by atoms with E-state index in [9.17, 15) is 4.79 Å². The molecule has 2 aromatic carbocycles. The fraction of sp³-hybridized carbons (Fsp3) is 0.188. The average Bonchev–Trinajstić information content (AvgIpc) is 2.48. The normalized spacial score (nSPS) is 10.3. The Hall–Kier alpha value is -1.26. The smallest absolute Gasteiger partial charge is 0.232 e. The summed E-state index contributed by atoms with van der Waals surface area (Å²) in [6, 6.07) is 18.0. The van der Waals surface area contributed by atoms with Gasteiger partial charge >= 0.3 is 0 Å². The molecule has 0 aliphatic rings. The molecule has 0 fully saturated rings. The van der Waals surface area contributed by atoms with Gasteiger partial charge in [0.05, 0.1) is 5.75 Å². The topological polar surface area (TPSA) is 20.3 Å². The van der Waals surface area contributed by atoms with E-state index in [4.69, 9.17) is 0 Å². The van der Waals surface area contributed by atoms with Crippen molar-refractivity contribution >= 4 is 33.6 Å². The molecule has 0 N–H and O–H groups in total. The largest absolute Gasteiger partial charge is 0.341 e. The summed E-state index contributed by atoms with van der Waals surface area (Å²) in [7, 11) is 1.84. The van der Waals surface area contributed by atoms with Gasteiger partial charge in [-0.15, -0.1) is 11.8 Å². The Balaban J connectivity index is 1.88. The van der Waals surface area contributed by atoms with Crippen molar-refractivity contribution in [3.05, 3.63) is 64.6 Å². The predicted molar refractivity (Wildman–Crippen MR) is 87.8 cm³/mol. The summed E-state index contributed by atoms with van der Waals surface area (Å²) < 4.78 is 1.04. The van der Waals surface area contributed by atoms with Crippen molar-refractivity contribution in [2.24, 2.45) is 0 Å². The lowest BCUT2D eigenvalue weighted by Crippen LogP contribution is -2.27. The molecule has 104 valence electrons. The number of nitrogens with zero attached hydrogens (tertiary/aromatic N) is 1. The maximum absolute atomic E-state index is 12.1. The van der Waals surface area contributed by atoms with E-state index in [0.717, 1.165) is 14.9 Å². The first-order valence-electron chi connectivity index (χ1n) is 6.32. The molecular formula is C16H16BrNOS. The van der Waals surface area contributed by atoms with Crippen molar-refractivity contribution in [3.63, 3.8) is 0 Å². The van der Waals surface area contributed by atoms with Gasteiger partial charge in [-0.3, -0.25) is 4.79 Å². The Bertz CT molecular complexity index is 574. The van der Waals surface area contributed by atoms with E-state index in [2.05, 4.69) is 15.9 Å². The lowest BCUT2D eigenvalue weighted by molar-refractivity contribution is -0.127. The Kier molecular flexibility index (Phi) is 5.68. The van der Waals surface area contributed by atoms with E-state index in [-0.39, 0.29) is 5.91 Å². The first-order valence-corrected chi connectivity index (χ1v) is 8.10. The summed E-state index contributed by atoms with van der Waals surface area (Å²) in [6.07, 6.45) is 0. The first-order chi connectivity index (χ1) is 9.66. The summed E-state index contributed by atoms with van der Waals surface area (Å²) in [5, 5.41) is 0. The van der Waals surface area contributed by atoms with Gasteiger partial charge in [0.15, 0.2) is 0 Å². The third kappa shape index (κ3) is 4.39. The summed E-state index contributed by atoms with van der Waals surface area (Å²) >= 11 is 5.08. The van der Waals surface area contributed by atoms with Gasteiger partial charge in [-0.2, -0.15) is 0 Å². The molecule has 0 aliphatic heterocycles. The van der Waals surface area contributed by atoms with E-state index in [0.29, 0.717) is 12.3 Å². The maximum Gasteiger partial charge on any atom is 0.232 e. The van der Waals surface area contributed by atoms with Crippen LogP contribution in [0.1, 0.15) is 5.56 Å². The lowest BCUT2D eigenvalue weighted by atomic mass is 10.2. The standard InChI is InChI=1S/C16H16BrNOS/c1-18(11-13-7-5-6-10-15(13)17)16(19)12-20-14-8-3-2-4-9-14/h2-10H,11-12H2,1H3. The van der Waals surface area contributed by atoms with Crippen LogP contribution in [0.3, 0.4) is 0 Å². The van der Waals surface area contributed by atoms with Crippen molar-refractivity contribution < 1.29 is 4.79 Å². The highest BCUT2D eigenvalue weighted by atomic mass is 79.9. The average molecular weight is 350 g/mol. The van der Waals surface area contributed by atoms with Gasteiger partial charge in [-0.05, 0) is 23.8 Å². The van der Waals surface area contributed by atoms with Crippen LogP contribution in [0.15, 0.2) is 64.0 Å². The number of carbonyl (C=O) groups excluding carboxylic acids is 1. The molecule has 0 saturated heterocycles. The molecule has 0 aromatic heterocycles. The van der Waals surface area contributed by atoms with Crippen LogP contribution in [-0.2, 0) is 11.3 Å². The maximum atomic E-state index is 12.1. The van der Waals surface area contributed by atoms with Gasteiger partial charge in [-0.1, -0.05) is 52.3 Å². The SMILES string of the molecule is CN(Cc1ccccc1Br)C(=O)CSc1ccccc1. The molecule has 0 saturated carbocycles. The Morgan fingerprint density at radius 1 is 1.10 bits per heavy atom. The molecule has 0 aliphatic carbocycles. The summed E-state index contributed by atoms with van der Waals surface area (Å²) in [5.74, 6) is 0.597. The molecule has 4 heteroatoms. The number of thioether (sulfide) groups is 1. The highest BCUT2D eigenvalue weighted by molar-refractivity contribution is 9.10. The molecule has 0 bridgehead atoms. The van der Waals surface area contributed by atoms with E-state index in [1.54, 1.807) is 16.7 Å². The fourth-order valence-electron chi connectivity index (χ4n) is 1.74. The van der Waals surface area contributed by atoms with Crippen LogP contribution in [0.5, 0.6) is 0 Å². The molecule has 2 rings (SSSR count). The Morgan fingerprint density at radius 2 is 1.75 bits per heavy atom. The minimum absolute atomic E-state index is 0.134. The minimum Gasteiger partial charge on any atom is -0.341 e. The number of hydrogen-bond acceptors (Lipinski definition) is 2. The van der Waals surface area contributed by atoms with E-state index in [1.807, 2.05) is 61.6 Å². The molecule has 20 heavy (non-hydrogen) atoms. The molecule has 0 unspecified atom stereocenters. The number of halogens is 1.